The fourth-order valence-corrected chi connectivity index (χ4v) is 5.73. The molecule has 5 nitrogen and oxygen atoms in total. The first-order valence-electron chi connectivity index (χ1n) is 10.3. The average molecular weight is 438 g/mol. The van der Waals surface area contributed by atoms with Crippen molar-refractivity contribution >= 4 is 35.0 Å². The van der Waals surface area contributed by atoms with E-state index >= 15 is 0 Å². The molecule has 3 heterocycles. The van der Waals surface area contributed by atoms with Crippen LogP contribution in [0.25, 0.3) is 0 Å². The smallest absolute Gasteiger partial charge is 0.147 e. The molecule has 154 valence electrons. The van der Waals surface area contributed by atoms with E-state index in [4.69, 9.17) is 22.3 Å². The van der Waals surface area contributed by atoms with Crippen LogP contribution in [0.4, 0.5) is 11.6 Å². The van der Waals surface area contributed by atoms with Crippen molar-refractivity contribution < 1.29 is 0 Å². The van der Waals surface area contributed by atoms with E-state index in [1.165, 1.54) is 37.4 Å². The molecule has 0 bridgehead atoms. The zero-order valence-corrected chi connectivity index (χ0v) is 18.5. The van der Waals surface area contributed by atoms with E-state index < -0.39 is 0 Å². The lowest BCUT2D eigenvalue weighted by molar-refractivity contribution is 0.232. The van der Waals surface area contributed by atoms with E-state index in [0.717, 1.165) is 34.5 Å². The highest BCUT2D eigenvalue weighted by Crippen LogP contribution is 2.45. The van der Waals surface area contributed by atoms with Gasteiger partial charge in [-0.3, -0.25) is 0 Å². The summed E-state index contributed by atoms with van der Waals surface area (Å²) in [5.74, 6) is 1.29. The summed E-state index contributed by atoms with van der Waals surface area (Å²) in [6, 6.07) is 10.8. The molecule has 2 aliphatic rings. The lowest BCUT2D eigenvalue weighted by Crippen LogP contribution is -2.41. The van der Waals surface area contributed by atoms with Gasteiger partial charge in [0.1, 0.15) is 16.7 Å². The number of anilines is 2. The van der Waals surface area contributed by atoms with Gasteiger partial charge in [-0.25, -0.2) is 15.0 Å². The zero-order chi connectivity index (χ0) is 20.7. The van der Waals surface area contributed by atoms with Gasteiger partial charge in [0.15, 0.2) is 0 Å². The summed E-state index contributed by atoms with van der Waals surface area (Å²) >= 11 is 7.75. The van der Waals surface area contributed by atoms with Crippen LogP contribution in [-0.2, 0) is 12.8 Å². The van der Waals surface area contributed by atoms with Crippen LogP contribution >= 0.6 is 23.4 Å². The van der Waals surface area contributed by atoms with Crippen LogP contribution in [-0.4, -0.2) is 28.0 Å². The Balaban J connectivity index is 1.27. The molecule has 2 N–H and O–H groups in total. The van der Waals surface area contributed by atoms with Gasteiger partial charge in [0.25, 0.3) is 0 Å². The molecular weight excluding hydrogens is 414 g/mol. The molecule has 0 amide bonds. The Morgan fingerprint density at radius 2 is 1.77 bits per heavy atom. The van der Waals surface area contributed by atoms with E-state index in [9.17, 15) is 0 Å². The number of rotatable bonds is 3. The highest BCUT2D eigenvalue weighted by atomic mass is 35.5. The predicted molar refractivity (Wildman–Crippen MR) is 122 cm³/mol. The monoisotopic (exact) mass is 437 g/mol. The fourth-order valence-electron chi connectivity index (χ4n) is 4.67. The summed E-state index contributed by atoms with van der Waals surface area (Å²) in [6.07, 6.45) is 8.37. The molecule has 0 atom stereocenters. The lowest BCUT2D eigenvalue weighted by atomic mass is 9.76. The van der Waals surface area contributed by atoms with Gasteiger partial charge in [0.05, 0.1) is 16.9 Å². The summed E-state index contributed by atoms with van der Waals surface area (Å²) in [5, 5.41) is 1.30. The van der Waals surface area contributed by atoms with E-state index in [0.29, 0.717) is 16.3 Å². The Bertz CT molecular complexity index is 1070. The first-order chi connectivity index (χ1) is 14.5. The number of nitrogens with zero attached hydrogens (tertiary/aromatic N) is 4. The molecule has 1 aliphatic heterocycles. The molecule has 0 radical (unpaired) electrons. The lowest BCUT2D eigenvalue weighted by Gasteiger charge is -2.40. The SMILES string of the molecule is Cc1nc(N2CCC3(CC2)Cc2ccccc2C3)cnc1Sc1ccnc(N)c1Cl. The van der Waals surface area contributed by atoms with Gasteiger partial charge in [-0.15, -0.1) is 0 Å². The van der Waals surface area contributed by atoms with Crippen molar-refractivity contribution in [1.29, 1.82) is 0 Å². The molecule has 30 heavy (non-hydrogen) atoms. The summed E-state index contributed by atoms with van der Waals surface area (Å²) < 4.78 is 0. The topological polar surface area (TPSA) is 67.9 Å². The van der Waals surface area contributed by atoms with Gasteiger partial charge in [0, 0.05) is 24.2 Å². The first kappa shape index (κ1) is 19.6. The largest absolute Gasteiger partial charge is 0.382 e. The molecule has 1 aromatic carbocycles. The van der Waals surface area contributed by atoms with Crippen molar-refractivity contribution in [2.45, 2.75) is 42.5 Å². The number of benzene rings is 1. The quantitative estimate of drug-likeness (QED) is 0.625. The van der Waals surface area contributed by atoms with Crippen LogP contribution in [0.1, 0.15) is 29.7 Å². The van der Waals surface area contributed by atoms with Crippen molar-refractivity contribution in [3.05, 3.63) is 64.6 Å². The van der Waals surface area contributed by atoms with Crippen LogP contribution in [0, 0.1) is 12.3 Å². The van der Waals surface area contributed by atoms with Gasteiger partial charge >= 0.3 is 0 Å². The molecule has 1 aliphatic carbocycles. The molecule has 3 aromatic rings. The number of nitrogen functional groups attached to an aromatic ring is 1. The minimum Gasteiger partial charge on any atom is -0.382 e. The maximum Gasteiger partial charge on any atom is 0.147 e. The molecular formula is C23H24ClN5S. The first-order valence-corrected chi connectivity index (χ1v) is 11.5. The number of piperidine rings is 1. The van der Waals surface area contributed by atoms with Crippen LogP contribution < -0.4 is 10.6 Å². The predicted octanol–water partition coefficient (Wildman–Crippen LogP) is 4.95. The second-order valence-electron chi connectivity index (χ2n) is 8.34. The summed E-state index contributed by atoms with van der Waals surface area (Å²) in [5.41, 5.74) is 10.2. The van der Waals surface area contributed by atoms with Crippen LogP contribution in [0.15, 0.2) is 52.6 Å². The number of halogens is 1. The average Bonchev–Trinajstić information content (AvgIpc) is 3.11. The van der Waals surface area contributed by atoms with Gasteiger partial charge in [-0.05, 0) is 55.2 Å². The van der Waals surface area contributed by atoms with Gasteiger partial charge in [0.2, 0.25) is 0 Å². The molecule has 1 saturated heterocycles. The Kier molecular flexibility index (Phi) is 5.07. The number of fused-ring (bicyclic) bond motifs is 1. The van der Waals surface area contributed by atoms with Crippen molar-refractivity contribution in [3.8, 4) is 0 Å². The van der Waals surface area contributed by atoms with Crippen molar-refractivity contribution in [2.75, 3.05) is 23.7 Å². The maximum atomic E-state index is 6.28. The van der Waals surface area contributed by atoms with Gasteiger partial charge in [-0.1, -0.05) is 47.6 Å². The number of aromatic nitrogens is 3. The third-order valence-electron chi connectivity index (χ3n) is 6.37. The van der Waals surface area contributed by atoms with Crippen molar-refractivity contribution in [1.82, 2.24) is 15.0 Å². The Morgan fingerprint density at radius 1 is 1.07 bits per heavy atom. The highest BCUT2D eigenvalue weighted by Gasteiger charge is 2.39. The van der Waals surface area contributed by atoms with E-state index in [-0.39, 0.29) is 0 Å². The molecule has 1 spiro atoms. The van der Waals surface area contributed by atoms with Gasteiger partial charge < -0.3 is 10.6 Å². The molecule has 2 aromatic heterocycles. The Labute approximate surface area is 186 Å². The number of pyridine rings is 1. The third kappa shape index (κ3) is 3.63. The number of hydrogen-bond donors (Lipinski definition) is 1. The minimum atomic E-state index is 0.334. The number of aryl methyl sites for hydroxylation is 1. The molecule has 0 saturated carbocycles. The normalized spacial score (nSPS) is 17.3. The standard InChI is InChI=1S/C23H24ClN5S/c1-15-22(30-18-6-9-26-21(25)20(18)24)27-14-19(28-15)29-10-7-23(8-11-29)12-16-4-2-3-5-17(16)13-23/h2-6,9,14H,7-8,10-13H2,1H3,(H2,25,26). The second kappa shape index (κ2) is 7.75. The van der Waals surface area contributed by atoms with Crippen molar-refractivity contribution in [3.63, 3.8) is 0 Å². The van der Waals surface area contributed by atoms with E-state index in [2.05, 4.69) is 39.1 Å². The number of nitrogens with two attached hydrogens (primary N) is 1. The molecule has 1 fully saturated rings. The van der Waals surface area contributed by atoms with E-state index in [1.807, 2.05) is 19.2 Å². The van der Waals surface area contributed by atoms with E-state index in [1.54, 1.807) is 17.3 Å². The maximum absolute atomic E-state index is 6.28. The summed E-state index contributed by atoms with van der Waals surface area (Å²) in [4.78, 5) is 16.8. The van der Waals surface area contributed by atoms with Crippen LogP contribution in [0.3, 0.4) is 0 Å². The Morgan fingerprint density at radius 3 is 2.43 bits per heavy atom. The summed E-state index contributed by atoms with van der Waals surface area (Å²) in [7, 11) is 0. The second-order valence-corrected chi connectivity index (χ2v) is 9.75. The zero-order valence-electron chi connectivity index (χ0n) is 16.9. The van der Waals surface area contributed by atoms with Gasteiger partial charge in [-0.2, -0.15) is 0 Å². The number of hydrogen-bond acceptors (Lipinski definition) is 6. The summed E-state index contributed by atoms with van der Waals surface area (Å²) in [6.45, 7) is 4.05. The third-order valence-corrected chi connectivity index (χ3v) is 8.04. The van der Waals surface area contributed by atoms with Crippen LogP contribution in [0.5, 0.6) is 0 Å². The fraction of sp³-hybridized carbons (Fsp3) is 0.348. The van der Waals surface area contributed by atoms with Crippen molar-refractivity contribution in [2.24, 2.45) is 5.41 Å². The highest BCUT2D eigenvalue weighted by molar-refractivity contribution is 7.99. The minimum absolute atomic E-state index is 0.334. The Hall–Kier alpha value is -2.31. The molecule has 0 unspecified atom stereocenters. The molecule has 5 rings (SSSR count). The van der Waals surface area contributed by atoms with Crippen LogP contribution in [0.2, 0.25) is 5.02 Å². The molecule has 7 heteroatoms.